The Kier molecular flexibility index (Phi) is 3.59. The summed E-state index contributed by atoms with van der Waals surface area (Å²) < 4.78 is 0. The van der Waals surface area contributed by atoms with Crippen molar-refractivity contribution in [1.82, 2.24) is 15.3 Å². The molecular formula is C13H18N4OS. The maximum absolute atomic E-state index is 11.5. The van der Waals surface area contributed by atoms with E-state index >= 15 is 0 Å². The maximum atomic E-state index is 11.5. The summed E-state index contributed by atoms with van der Waals surface area (Å²) in [6, 6.07) is 2.07. The van der Waals surface area contributed by atoms with Crippen LogP contribution in [-0.2, 0) is 4.79 Å². The molecule has 1 aliphatic heterocycles. The minimum atomic E-state index is 0.0701. The van der Waals surface area contributed by atoms with Crippen molar-refractivity contribution in [2.75, 3.05) is 30.8 Å². The molecule has 5 nitrogen and oxygen atoms in total. The van der Waals surface area contributed by atoms with Crippen molar-refractivity contribution < 1.29 is 4.79 Å². The van der Waals surface area contributed by atoms with E-state index in [-0.39, 0.29) is 5.91 Å². The van der Waals surface area contributed by atoms with Crippen molar-refractivity contribution in [1.29, 1.82) is 0 Å². The number of carbonyl (C=O) groups is 1. The topological polar surface area (TPSA) is 58.1 Å². The Morgan fingerprint density at radius 2 is 2.26 bits per heavy atom. The normalized spacial score (nSPS) is 20.1. The molecule has 0 atom stereocenters. The second kappa shape index (κ2) is 5.36. The summed E-state index contributed by atoms with van der Waals surface area (Å²) in [6.45, 7) is 1.91. The van der Waals surface area contributed by atoms with E-state index in [1.54, 1.807) is 11.8 Å². The Labute approximate surface area is 117 Å². The third kappa shape index (κ3) is 2.68. The van der Waals surface area contributed by atoms with E-state index in [4.69, 9.17) is 0 Å². The van der Waals surface area contributed by atoms with E-state index in [0.29, 0.717) is 19.0 Å². The first-order valence-corrected chi connectivity index (χ1v) is 7.93. The van der Waals surface area contributed by atoms with Crippen LogP contribution in [0.4, 0.5) is 5.82 Å². The fraction of sp³-hybridized carbons (Fsp3) is 0.615. The molecule has 1 amide bonds. The van der Waals surface area contributed by atoms with Gasteiger partial charge in [-0.3, -0.25) is 4.79 Å². The van der Waals surface area contributed by atoms with Gasteiger partial charge in [-0.25, -0.2) is 9.97 Å². The van der Waals surface area contributed by atoms with Crippen LogP contribution < -0.4 is 10.2 Å². The van der Waals surface area contributed by atoms with Crippen molar-refractivity contribution in [3.05, 3.63) is 11.8 Å². The molecule has 0 bridgehead atoms. The highest BCUT2D eigenvalue weighted by Gasteiger charge is 2.24. The number of nitrogens with one attached hydrogen (secondary N) is 1. The van der Waals surface area contributed by atoms with Gasteiger partial charge in [0, 0.05) is 25.1 Å². The van der Waals surface area contributed by atoms with Gasteiger partial charge in [0.25, 0.3) is 0 Å². The lowest BCUT2D eigenvalue weighted by molar-refractivity contribution is -0.120. The van der Waals surface area contributed by atoms with Crippen molar-refractivity contribution >= 4 is 23.5 Å². The van der Waals surface area contributed by atoms with Crippen LogP contribution in [0.2, 0.25) is 0 Å². The molecule has 2 heterocycles. The predicted octanol–water partition coefficient (Wildman–Crippen LogP) is 1.40. The van der Waals surface area contributed by atoms with Crippen LogP contribution in [0.1, 0.15) is 30.9 Å². The zero-order chi connectivity index (χ0) is 13.2. The van der Waals surface area contributed by atoms with E-state index in [2.05, 4.69) is 21.4 Å². The van der Waals surface area contributed by atoms with Crippen molar-refractivity contribution in [3.8, 4) is 0 Å². The van der Waals surface area contributed by atoms with Gasteiger partial charge in [-0.15, -0.1) is 0 Å². The van der Waals surface area contributed by atoms with Gasteiger partial charge in [0.15, 0.2) is 5.16 Å². The number of rotatable bonds is 3. The van der Waals surface area contributed by atoms with Gasteiger partial charge < -0.3 is 10.2 Å². The Morgan fingerprint density at radius 1 is 1.42 bits per heavy atom. The molecule has 19 heavy (non-hydrogen) atoms. The summed E-state index contributed by atoms with van der Waals surface area (Å²) in [5, 5.41) is 3.65. The smallest absolute Gasteiger partial charge is 0.239 e. The third-order valence-electron chi connectivity index (χ3n) is 3.78. The number of hydrogen-bond donors (Lipinski definition) is 1. The van der Waals surface area contributed by atoms with Gasteiger partial charge in [0.1, 0.15) is 5.82 Å². The molecule has 1 saturated heterocycles. The van der Waals surface area contributed by atoms with E-state index in [9.17, 15) is 4.79 Å². The molecule has 0 unspecified atom stereocenters. The van der Waals surface area contributed by atoms with E-state index in [1.165, 1.54) is 19.3 Å². The Morgan fingerprint density at radius 3 is 2.89 bits per heavy atom. The van der Waals surface area contributed by atoms with Crippen LogP contribution in [0, 0.1) is 0 Å². The van der Waals surface area contributed by atoms with Gasteiger partial charge in [-0.2, -0.15) is 0 Å². The standard InChI is InChI=1S/C13H18N4OS/c1-19-13-15-10(9-3-2-4-9)7-11(16-13)17-6-5-14-12(18)8-17/h7,9H,2-6,8H2,1H3,(H,14,18). The zero-order valence-electron chi connectivity index (χ0n) is 11.1. The maximum Gasteiger partial charge on any atom is 0.239 e. The number of hydrogen-bond acceptors (Lipinski definition) is 5. The fourth-order valence-corrected chi connectivity index (χ4v) is 2.81. The first-order valence-electron chi connectivity index (χ1n) is 6.71. The van der Waals surface area contributed by atoms with Crippen molar-refractivity contribution in [2.24, 2.45) is 0 Å². The molecule has 6 heteroatoms. The number of thioether (sulfide) groups is 1. The second-order valence-electron chi connectivity index (χ2n) is 5.04. The number of aromatic nitrogens is 2. The molecular weight excluding hydrogens is 260 g/mol. The van der Waals surface area contributed by atoms with Gasteiger partial charge in [0.05, 0.1) is 12.2 Å². The van der Waals surface area contributed by atoms with Crippen molar-refractivity contribution in [2.45, 2.75) is 30.3 Å². The van der Waals surface area contributed by atoms with Gasteiger partial charge in [-0.05, 0) is 19.1 Å². The highest BCUT2D eigenvalue weighted by Crippen LogP contribution is 2.36. The van der Waals surface area contributed by atoms with E-state index < -0.39 is 0 Å². The molecule has 2 fully saturated rings. The highest BCUT2D eigenvalue weighted by molar-refractivity contribution is 7.98. The first-order chi connectivity index (χ1) is 9.26. The molecule has 1 aromatic rings. The molecule has 1 aliphatic carbocycles. The molecule has 102 valence electrons. The molecule has 0 radical (unpaired) electrons. The Hall–Kier alpha value is -1.30. The van der Waals surface area contributed by atoms with Crippen LogP contribution in [0.3, 0.4) is 0 Å². The SMILES string of the molecule is CSc1nc(C2CCC2)cc(N2CCNC(=O)C2)n1. The molecule has 0 spiro atoms. The number of carbonyl (C=O) groups excluding carboxylic acids is 1. The van der Waals surface area contributed by atoms with E-state index in [1.807, 2.05) is 11.2 Å². The third-order valence-corrected chi connectivity index (χ3v) is 4.33. The van der Waals surface area contributed by atoms with Gasteiger partial charge >= 0.3 is 0 Å². The van der Waals surface area contributed by atoms with Gasteiger partial charge in [-0.1, -0.05) is 18.2 Å². The molecule has 2 aliphatic rings. The average molecular weight is 278 g/mol. The monoisotopic (exact) mass is 278 g/mol. The van der Waals surface area contributed by atoms with Crippen LogP contribution in [-0.4, -0.2) is 41.8 Å². The zero-order valence-corrected chi connectivity index (χ0v) is 11.9. The number of piperazine rings is 1. The quantitative estimate of drug-likeness (QED) is 0.669. The number of amides is 1. The lowest BCUT2D eigenvalue weighted by Gasteiger charge is -2.30. The fourth-order valence-electron chi connectivity index (χ4n) is 2.43. The second-order valence-corrected chi connectivity index (χ2v) is 5.81. The number of nitrogens with zero attached hydrogens (tertiary/aromatic N) is 3. The lowest BCUT2D eigenvalue weighted by Crippen LogP contribution is -2.48. The summed E-state index contributed by atoms with van der Waals surface area (Å²) in [5.41, 5.74) is 1.14. The van der Waals surface area contributed by atoms with Crippen LogP contribution in [0.25, 0.3) is 0 Å². The molecule has 0 aromatic carbocycles. The average Bonchev–Trinajstić information content (AvgIpc) is 2.36. The predicted molar refractivity (Wildman–Crippen MR) is 75.6 cm³/mol. The summed E-state index contributed by atoms with van der Waals surface area (Å²) in [7, 11) is 0. The van der Waals surface area contributed by atoms with Crippen LogP contribution in [0.5, 0.6) is 0 Å². The summed E-state index contributed by atoms with van der Waals surface area (Å²) in [4.78, 5) is 22.7. The van der Waals surface area contributed by atoms with Crippen LogP contribution >= 0.6 is 11.8 Å². The van der Waals surface area contributed by atoms with E-state index in [0.717, 1.165) is 23.2 Å². The highest BCUT2D eigenvalue weighted by atomic mass is 32.2. The van der Waals surface area contributed by atoms with Gasteiger partial charge in [0.2, 0.25) is 5.91 Å². The summed E-state index contributed by atoms with van der Waals surface area (Å²) >= 11 is 1.56. The Balaban J connectivity index is 1.88. The summed E-state index contributed by atoms with van der Waals surface area (Å²) in [5.74, 6) is 1.56. The number of anilines is 1. The Bertz CT molecular complexity index is 490. The molecule has 3 rings (SSSR count). The summed E-state index contributed by atoms with van der Waals surface area (Å²) in [6.07, 6.45) is 5.74. The minimum absolute atomic E-state index is 0.0701. The van der Waals surface area contributed by atoms with Crippen LogP contribution in [0.15, 0.2) is 11.2 Å². The lowest BCUT2D eigenvalue weighted by atomic mass is 9.83. The molecule has 1 saturated carbocycles. The minimum Gasteiger partial charge on any atom is -0.353 e. The first kappa shape index (κ1) is 12.7. The molecule has 1 N–H and O–H groups in total. The largest absolute Gasteiger partial charge is 0.353 e. The molecule has 1 aromatic heterocycles. The van der Waals surface area contributed by atoms with Crippen molar-refractivity contribution in [3.63, 3.8) is 0 Å².